The molecule has 10 heteroatoms. The van der Waals surface area contributed by atoms with Gasteiger partial charge >= 0.3 is 0 Å². The van der Waals surface area contributed by atoms with Crippen LogP contribution >= 0.6 is 0 Å². The first-order valence-electron chi connectivity index (χ1n) is 9.35. The summed E-state index contributed by atoms with van der Waals surface area (Å²) in [7, 11) is 1.50. The SMILES string of the molecule is COc1nc(N)ccc1-c1cnc(N)c(OC(C)c2cc(F)ccc2-n2nccn2)c1. The number of nitrogens with two attached hydrogens (primary N) is 2. The zero-order valence-corrected chi connectivity index (χ0v) is 16.9. The number of pyridine rings is 2. The monoisotopic (exact) mass is 421 g/mol. The van der Waals surface area contributed by atoms with Gasteiger partial charge in [-0.1, -0.05) is 0 Å². The Kier molecular flexibility index (Phi) is 5.35. The first-order chi connectivity index (χ1) is 15.0. The van der Waals surface area contributed by atoms with Gasteiger partial charge in [-0.2, -0.15) is 20.0 Å². The van der Waals surface area contributed by atoms with Crippen molar-refractivity contribution in [1.29, 1.82) is 0 Å². The first kappa shape index (κ1) is 20.1. The normalized spacial score (nSPS) is 11.8. The minimum absolute atomic E-state index is 0.188. The highest BCUT2D eigenvalue weighted by molar-refractivity contribution is 5.72. The van der Waals surface area contributed by atoms with Crippen LogP contribution in [0.2, 0.25) is 0 Å². The highest BCUT2D eigenvalue weighted by Gasteiger charge is 2.19. The maximum atomic E-state index is 14.0. The Bertz CT molecular complexity index is 1210. The van der Waals surface area contributed by atoms with Crippen molar-refractivity contribution in [1.82, 2.24) is 25.0 Å². The third-order valence-corrected chi connectivity index (χ3v) is 4.63. The van der Waals surface area contributed by atoms with Crippen LogP contribution in [0.25, 0.3) is 16.8 Å². The van der Waals surface area contributed by atoms with Gasteiger partial charge in [0, 0.05) is 22.9 Å². The van der Waals surface area contributed by atoms with E-state index in [0.29, 0.717) is 39.8 Å². The van der Waals surface area contributed by atoms with Gasteiger partial charge in [0.05, 0.1) is 25.2 Å². The maximum Gasteiger partial charge on any atom is 0.223 e. The molecule has 4 aromatic rings. The average Bonchev–Trinajstić information content (AvgIpc) is 3.30. The second-order valence-electron chi connectivity index (χ2n) is 6.68. The quantitative estimate of drug-likeness (QED) is 0.486. The molecule has 0 saturated heterocycles. The highest BCUT2D eigenvalue weighted by Crippen LogP contribution is 2.35. The van der Waals surface area contributed by atoms with E-state index in [1.54, 1.807) is 37.4 Å². The zero-order chi connectivity index (χ0) is 22.0. The summed E-state index contributed by atoms with van der Waals surface area (Å²) >= 11 is 0. The van der Waals surface area contributed by atoms with E-state index in [0.717, 1.165) is 0 Å². The summed E-state index contributed by atoms with van der Waals surface area (Å²) in [5.41, 5.74) is 14.3. The molecule has 0 bridgehead atoms. The van der Waals surface area contributed by atoms with Crippen LogP contribution in [0.15, 0.2) is 55.0 Å². The molecule has 0 radical (unpaired) electrons. The molecule has 31 heavy (non-hydrogen) atoms. The molecule has 4 rings (SSSR count). The van der Waals surface area contributed by atoms with Gasteiger partial charge in [0.1, 0.15) is 17.7 Å². The molecule has 0 aliphatic carbocycles. The second-order valence-corrected chi connectivity index (χ2v) is 6.68. The van der Waals surface area contributed by atoms with Gasteiger partial charge in [-0.05, 0) is 43.3 Å². The van der Waals surface area contributed by atoms with Crippen molar-refractivity contribution >= 4 is 11.6 Å². The number of halogens is 1. The predicted octanol–water partition coefficient (Wildman–Crippen LogP) is 3.18. The predicted molar refractivity (Wildman–Crippen MR) is 113 cm³/mol. The summed E-state index contributed by atoms with van der Waals surface area (Å²) in [4.78, 5) is 9.80. The number of hydrogen-bond acceptors (Lipinski definition) is 8. The molecule has 3 heterocycles. The van der Waals surface area contributed by atoms with Gasteiger partial charge in [-0.3, -0.25) is 0 Å². The number of rotatable bonds is 6. The van der Waals surface area contributed by atoms with E-state index < -0.39 is 11.9 Å². The Balaban J connectivity index is 1.70. The molecule has 0 aliphatic heterocycles. The molecule has 0 spiro atoms. The number of hydrogen-bond donors (Lipinski definition) is 2. The summed E-state index contributed by atoms with van der Waals surface area (Å²) in [6.07, 6.45) is 4.09. The first-order valence-corrected chi connectivity index (χ1v) is 9.35. The Labute approximate surface area is 177 Å². The second kappa shape index (κ2) is 8.27. The molecule has 0 amide bonds. The number of benzene rings is 1. The van der Waals surface area contributed by atoms with Crippen molar-refractivity contribution in [2.75, 3.05) is 18.6 Å². The summed E-state index contributed by atoms with van der Waals surface area (Å²) in [5, 5.41) is 8.25. The average molecular weight is 421 g/mol. The Morgan fingerprint density at radius 2 is 1.84 bits per heavy atom. The number of methoxy groups -OCH3 is 1. The van der Waals surface area contributed by atoms with Crippen LogP contribution in [-0.4, -0.2) is 32.1 Å². The molecule has 1 unspecified atom stereocenters. The Morgan fingerprint density at radius 1 is 1.06 bits per heavy atom. The minimum Gasteiger partial charge on any atom is -0.482 e. The van der Waals surface area contributed by atoms with Gasteiger partial charge in [0.25, 0.3) is 0 Å². The molecular formula is C21H20FN7O2. The van der Waals surface area contributed by atoms with Crippen molar-refractivity contribution in [3.8, 4) is 28.4 Å². The molecule has 1 atom stereocenters. The molecular weight excluding hydrogens is 401 g/mol. The van der Waals surface area contributed by atoms with Crippen molar-refractivity contribution in [2.45, 2.75) is 13.0 Å². The topological polar surface area (TPSA) is 127 Å². The Hall–Kier alpha value is -4.21. The number of nitrogens with zero attached hydrogens (tertiary/aromatic N) is 5. The van der Waals surface area contributed by atoms with Gasteiger partial charge < -0.3 is 20.9 Å². The fraction of sp³-hybridized carbons (Fsp3) is 0.143. The van der Waals surface area contributed by atoms with E-state index in [4.69, 9.17) is 20.9 Å². The van der Waals surface area contributed by atoms with E-state index >= 15 is 0 Å². The number of ether oxygens (including phenoxy) is 2. The lowest BCUT2D eigenvalue weighted by atomic mass is 10.1. The fourth-order valence-electron chi connectivity index (χ4n) is 3.15. The molecule has 4 N–H and O–H groups in total. The van der Waals surface area contributed by atoms with Crippen LogP contribution in [0.4, 0.5) is 16.0 Å². The summed E-state index contributed by atoms with van der Waals surface area (Å²) in [6, 6.07) is 9.46. The van der Waals surface area contributed by atoms with Crippen LogP contribution < -0.4 is 20.9 Å². The van der Waals surface area contributed by atoms with Crippen LogP contribution in [0.1, 0.15) is 18.6 Å². The summed E-state index contributed by atoms with van der Waals surface area (Å²) in [6.45, 7) is 1.78. The third-order valence-electron chi connectivity index (χ3n) is 4.63. The van der Waals surface area contributed by atoms with E-state index in [-0.39, 0.29) is 5.82 Å². The van der Waals surface area contributed by atoms with Gasteiger partial charge in [-0.25, -0.2) is 9.37 Å². The van der Waals surface area contributed by atoms with E-state index in [9.17, 15) is 4.39 Å². The molecule has 158 valence electrons. The Morgan fingerprint density at radius 3 is 2.58 bits per heavy atom. The van der Waals surface area contributed by atoms with Crippen LogP contribution in [0.3, 0.4) is 0 Å². The molecule has 0 saturated carbocycles. The lowest BCUT2D eigenvalue weighted by Crippen LogP contribution is -2.11. The lowest BCUT2D eigenvalue weighted by Gasteiger charge is -2.19. The standard InChI is InChI=1S/C21H20FN7O2/c1-12(16-10-14(22)3-5-17(16)29-26-7-8-27-29)31-18-9-13(11-25-20(18)24)15-4-6-19(23)28-21(15)30-2/h3-12H,1-2H3,(H2,23,28)(H2,24,25). The van der Waals surface area contributed by atoms with Crippen LogP contribution in [0, 0.1) is 5.82 Å². The van der Waals surface area contributed by atoms with Crippen LogP contribution in [0.5, 0.6) is 11.6 Å². The highest BCUT2D eigenvalue weighted by atomic mass is 19.1. The smallest absolute Gasteiger partial charge is 0.223 e. The lowest BCUT2D eigenvalue weighted by molar-refractivity contribution is 0.226. The van der Waals surface area contributed by atoms with Crippen LogP contribution in [-0.2, 0) is 0 Å². The van der Waals surface area contributed by atoms with E-state index in [2.05, 4.69) is 20.2 Å². The zero-order valence-electron chi connectivity index (χ0n) is 16.9. The van der Waals surface area contributed by atoms with Gasteiger partial charge in [-0.15, -0.1) is 0 Å². The fourth-order valence-corrected chi connectivity index (χ4v) is 3.15. The summed E-state index contributed by atoms with van der Waals surface area (Å²) in [5.74, 6) is 0.794. The molecule has 3 aromatic heterocycles. The van der Waals surface area contributed by atoms with E-state index in [1.165, 1.54) is 36.4 Å². The molecule has 0 aliphatic rings. The number of anilines is 2. The summed E-state index contributed by atoms with van der Waals surface area (Å²) < 4.78 is 25.4. The third kappa shape index (κ3) is 4.08. The van der Waals surface area contributed by atoms with Crippen molar-refractivity contribution < 1.29 is 13.9 Å². The minimum atomic E-state index is -0.581. The van der Waals surface area contributed by atoms with Gasteiger partial charge in [0.15, 0.2) is 11.6 Å². The maximum absolute atomic E-state index is 14.0. The van der Waals surface area contributed by atoms with Gasteiger partial charge in [0.2, 0.25) is 5.88 Å². The molecule has 0 fully saturated rings. The van der Waals surface area contributed by atoms with E-state index in [1.807, 2.05) is 0 Å². The van der Waals surface area contributed by atoms with Crippen molar-refractivity contribution in [3.05, 3.63) is 66.4 Å². The number of nitrogen functional groups attached to an aromatic ring is 2. The number of aromatic nitrogens is 5. The largest absolute Gasteiger partial charge is 0.482 e. The van der Waals surface area contributed by atoms with Crippen molar-refractivity contribution in [3.63, 3.8) is 0 Å². The van der Waals surface area contributed by atoms with Crippen molar-refractivity contribution in [2.24, 2.45) is 0 Å². The molecule has 1 aromatic carbocycles. The molecule has 9 nitrogen and oxygen atoms in total.